The summed E-state index contributed by atoms with van der Waals surface area (Å²) in [5.41, 5.74) is -0.227. The number of Topliss-reactive ketones (excluding diaryl/α,β-unsaturated/α-hetero) is 1. The summed E-state index contributed by atoms with van der Waals surface area (Å²) in [7, 11) is 0. The maximum atomic E-state index is 13.3. The third-order valence-corrected chi connectivity index (χ3v) is 5.47. The van der Waals surface area contributed by atoms with Crippen molar-refractivity contribution in [3.8, 4) is 16.9 Å². The first-order valence-corrected chi connectivity index (χ1v) is 10.0. The summed E-state index contributed by atoms with van der Waals surface area (Å²) >= 11 is 0.998. The average molecular weight is 457 g/mol. The fourth-order valence-electron chi connectivity index (χ4n) is 2.96. The molecule has 11 heteroatoms. The smallest absolute Gasteiger partial charge is 0.296 e. The normalized spacial score (nSPS) is 11.4. The predicted molar refractivity (Wildman–Crippen MR) is 112 cm³/mol. The van der Waals surface area contributed by atoms with Crippen molar-refractivity contribution in [1.82, 2.24) is 20.0 Å². The standard InChI is InChI=1S/C21H14F3N5O2S/c1-12(30)18-17(13-7-3-2-4-8-13)25-20(32-18)26-19(31)15-11-29(28-27-15)16-10-6-5-9-14(16)21(22,23)24/h2-11H,1H3,(H,25,26,31). The highest BCUT2D eigenvalue weighted by atomic mass is 32.1. The van der Waals surface area contributed by atoms with Gasteiger partial charge < -0.3 is 0 Å². The Kier molecular flexibility index (Phi) is 5.57. The van der Waals surface area contributed by atoms with Gasteiger partial charge in [-0.3, -0.25) is 14.9 Å². The zero-order valence-corrected chi connectivity index (χ0v) is 17.2. The summed E-state index contributed by atoms with van der Waals surface area (Å²) in [6.07, 6.45) is -3.50. The van der Waals surface area contributed by atoms with Crippen LogP contribution in [0, 0.1) is 0 Å². The predicted octanol–water partition coefficient (Wildman–Crippen LogP) is 4.86. The number of anilines is 1. The molecule has 0 spiro atoms. The van der Waals surface area contributed by atoms with Crippen LogP contribution in [0.2, 0.25) is 0 Å². The Bertz CT molecular complexity index is 1300. The van der Waals surface area contributed by atoms with Gasteiger partial charge in [-0.05, 0) is 12.1 Å². The number of amides is 1. The van der Waals surface area contributed by atoms with Gasteiger partial charge in [-0.25, -0.2) is 9.67 Å². The van der Waals surface area contributed by atoms with Crippen molar-refractivity contribution >= 4 is 28.2 Å². The van der Waals surface area contributed by atoms with Gasteiger partial charge in [0.1, 0.15) is 0 Å². The van der Waals surface area contributed by atoms with E-state index in [1.54, 1.807) is 24.3 Å². The number of nitrogens with zero attached hydrogens (tertiary/aromatic N) is 4. The van der Waals surface area contributed by atoms with E-state index in [0.29, 0.717) is 16.1 Å². The van der Waals surface area contributed by atoms with E-state index in [-0.39, 0.29) is 22.3 Å². The van der Waals surface area contributed by atoms with Crippen LogP contribution in [-0.4, -0.2) is 31.7 Å². The zero-order valence-electron chi connectivity index (χ0n) is 16.4. The van der Waals surface area contributed by atoms with Crippen LogP contribution in [0.3, 0.4) is 0 Å². The maximum Gasteiger partial charge on any atom is 0.418 e. The number of carbonyl (C=O) groups excluding carboxylic acids is 2. The first-order valence-electron chi connectivity index (χ1n) is 9.21. The number of nitrogens with one attached hydrogen (secondary N) is 1. The molecule has 0 atom stereocenters. The molecule has 0 fully saturated rings. The number of thiazole rings is 1. The van der Waals surface area contributed by atoms with E-state index >= 15 is 0 Å². The number of ketones is 1. The number of hydrogen-bond donors (Lipinski definition) is 1. The van der Waals surface area contributed by atoms with Gasteiger partial charge in [0, 0.05) is 12.5 Å². The molecule has 0 unspecified atom stereocenters. The van der Waals surface area contributed by atoms with E-state index in [9.17, 15) is 22.8 Å². The number of para-hydroxylation sites is 1. The minimum Gasteiger partial charge on any atom is -0.296 e. The molecule has 7 nitrogen and oxygen atoms in total. The average Bonchev–Trinajstić information content (AvgIpc) is 3.41. The van der Waals surface area contributed by atoms with Gasteiger partial charge in [-0.2, -0.15) is 13.2 Å². The van der Waals surface area contributed by atoms with Crippen LogP contribution in [0.4, 0.5) is 18.3 Å². The molecule has 0 saturated heterocycles. The summed E-state index contributed by atoms with van der Waals surface area (Å²) in [5, 5.41) is 10.0. The van der Waals surface area contributed by atoms with Crippen LogP contribution in [0.15, 0.2) is 60.8 Å². The Hall–Kier alpha value is -3.86. The van der Waals surface area contributed by atoms with Crippen LogP contribution in [-0.2, 0) is 6.18 Å². The van der Waals surface area contributed by atoms with Gasteiger partial charge in [-0.15, -0.1) is 5.10 Å². The molecule has 0 aliphatic heterocycles. The highest BCUT2D eigenvalue weighted by Crippen LogP contribution is 2.34. The second kappa shape index (κ2) is 8.35. The molecule has 0 aliphatic rings. The number of benzene rings is 2. The van der Waals surface area contributed by atoms with E-state index < -0.39 is 17.6 Å². The summed E-state index contributed by atoms with van der Waals surface area (Å²) in [6.45, 7) is 1.40. The first-order chi connectivity index (χ1) is 15.2. The Morgan fingerprint density at radius 1 is 1.03 bits per heavy atom. The van der Waals surface area contributed by atoms with Crippen molar-refractivity contribution < 1.29 is 22.8 Å². The Morgan fingerprint density at radius 2 is 1.72 bits per heavy atom. The molecule has 0 bridgehead atoms. The van der Waals surface area contributed by atoms with Crippen LogP contribution >= 0.6 is 11.3 Å². The molecule has 0 aliphatic carbocycles. The van der Waals surface area contributed by atoms with Crippen molar-refractivity contribution in [2.24, 2.45) is 0 Å². The maximum absolute atomic E-state index is 13.3. The largest absolute Gasteiger partial charge is 0.418 e. The number of aromatic nitrogens is 4. The van der Waals surface area contributed by atoms with Crippen molar-refractivity contribution in [2.75, 3.05) is 5.32 Å². The molecule has 2 aromatic carbocycles. The third kappa shape index (κ3) is 4.28. The Balaban J connectivity index is 1.61. The lowest BCUT2D eigenvalue weighted by Gasteiger charge is -2.11. The highest BCUT2D eigenvalue weighted by Gasteiger charge is 2.34. The molecule has 2 aromatic heterocycles. The van der Waals surface area contributed by atoms with Crippen molar-refractivity contribution in [2.45, 2.75) is 13.1 Å². The van der Waals surface area contributed by atoms with Crippen molar-refractivity contribution in [1.29, 1.82) is 0 Å². The van der Waals surface area contributed by atoms with Gasteiger partial charge >= 0.3 is 6.18 Å². The SMILES string of the molecule is CC(=O)c1sc(NC(=O)c2cn(-c3ccccc3C(F)(F)F)nn2)nc1-c1ccccc1. The fraction of sp³-hybridized carbons (Fsp3) is 0.0952. The topological polar surface area (TPSA) is 89.8 Å². The number of hydrogen-bond acceptors (Lipinski definition) is 6. The monoisotopic (exact) mass is 457 g/mol. The Labute approximate surface area is 183 Å². The summed E-state index contributed by atoms with van der Waals surface area (Å²) in [6, 6.07) is 13.8. The minimum atomic E-state index is -4.59. The zero-order chi connectivity index (χ0) is 22.9. The molecule has 1 N–H and O–H groups in total. The van der Waals surface area contributed by atoms with Gasteiger partial charge in [0.25, 0.3) is 5.91 Å². The van der Waals surface area contributed by atoms with Gasteiger partial charge in [0.05, 0.1) is 28.0 Å². The molecular weight excluding hydrogens is 443 g/mol. The quantitative estimate of drug-likeness (QED) is 0.432. The molecule has 4 aromatic rings. The van der Waals surface area contributed by atoms with Crippen molar-refractivity contribution in [3.63, 3.8) is 0 Å². The second-order valence-corrected chi connectivity index (χ2v) is 7.64. The lowest BCUT2D eigenvalue weighted by Crippen LogP contribution is -2.12. The molecular formula is C21H14F3N5O2S. The van der Waals surface area contributed by atoms with E-state index in [1.165, 1.54) is 25.1 Å². The van der Waals surface area contributed by atoms with E-state index in [2.05, 4.69) is 20.6 Å². The van der Waals surface area contributed by atoms with Crippen LogP contribution in [0.25, 0.3) is 16.9 Å². The molecule has 162 valence electrons. The molecule has 4 rings (SSSR count). The van der Waals surface area contributed by atoms with Gasteiger partial charge in [0.2, 0.25) is 0 Å². The summed E-state index contributed by atoms with van der Waals surface area (Å²) in [4.78, 5) is 29.3. The number of halogens is 3. The summed E-state index contributed by atoms with van der Waals surface area (Å²) in [5.74, 6) is -0.930. The fourth-order valence-corrected chi connectivity index (χ4v) is 3.84. The lowest BCUT2D eigenvalue weighted by atomic mass is 10.1. The number of rotatable bonds is 5. The third-order valence-electron chi connectivity index (χ3n) is 4.40. The molecule has 1 amide bonds. The Morgan fingerprint density at radius 3 is 2.41 bits per heavy atom. The molecule has 2 heterocycles. The van der Waals surface area contributed by atoms with E-state index in [0.717, 1.165) is 28.3 Å². The molecule has 0 radical (unpaired) electrons. The van der Waals surface area contributed by atoms with Crippen LogP contribution in [0.5, 0.6) is 0 Å². The summed E-state index contributed by atoms with van der Waals surface area (Å²) < 4.78 is 40.7. The second-order valence-electron chi connectivity index (χ2n) is 6.64. The van der Waals surface area contributed by atoms with Gasteiger partial charge in [-0.1, -0.05) is 59.0 Å². The number of carbonyl (C=O) groups is 2. The van der Waals surface area contributed by atoms with Gasteiger partial charge in [0.15, 0.2) is 16.6 Å². The van der Waals surface area contributed by atoms with Crippen LogP contribution in [0.1, 0.15) is 32.6 Å². The minimum absolute atomic E-state index is 0.157. The highest BCUT2D eigenvalue weighted by molar-refractivity contribution is 7.18. The number of alkyl halides is 3. The lowest BCUT2D eigenvalue weighted by molar-refractivity contribution is -0.137. The molecule has 32 heavy (non-hydrogen) atoms. The molecule has 0 saturated carbocycles. The van der Waals surface area contributed by atoms with E-state index in [1.807, 2.05) is 6.07 Å². The van der Waals surface area contributed by atoms with Crippen molar-refractivity contribution in [3.05, 3.63) is 76.9 Å². The first kappa shape index (κ1) is 21.4. The van der Waals surface area contributed by atoms with E-state index in [4.69, 9.17) is 0 Å². The van der Waals surface area contributed by atoms with Crippen LogP contribution < -0.4 is 5.32 Å².